The van der Waals surface area contributed by atoms with Crippen molar-refractivity contribution >= 4 is 5.91 Å². The molecule has 1 aliphatic rings. The number of hydrogen-bond donors (Lipinski definition) is 2. The number of carbonyl (C=O) groups excluding carboxylic acids is 1. The summed E-state index contributed by atoms with van der Waals surface area (Å²) in [6, 6.07) is 4.25. The zero-order chi connectivity index (χ0) is 14.7. The topological polar surface area (TPSA) is 75.8 Å². The van der Waals surface area contributed by atoms with Crippen LogP contribution in [0.15, 0.2) is 18.2 Å². The lowest BCUT2D eigenvalue weighted by Gasteiger charge is -2.36. The van der Waals surface area contributed by atoms with Crippen LogP contribution >= 0.6 is 0 Å². The lowest BCUT2D eigenvalue weighted by atomic mass is 10.1. The summed E-state index contributed by atoms with van der Waals surface area (Å²) in [5, 5.41) is 9.17. The standard InChI is InChI=1S/C14H19FN2O3/c1-9-5-17(7-12(8-18)20-9)6-11-3-2-10(14(16)19)4-13(11)15/h2-4,9,12,18H,5-8H2,1H3,(H2,16,19). The lowest BCUT2D eigenvalue weighted by Crippen LogP contribution is -2.47. The van der Waals surface area contributed by atoms with Gasteiger partial charge in [0.2, 0.25) is 5.91 Å². The van der Waals surface area contributed by atoms with Crippen molar-refractivity contribution in [3.8, 4) is 0 Å². The number of amides is 1. The first-order chi connectivity index (χ1) is 9.49. The third-order valence-electron chi connectivity index (χ3n) is 3.34. The van der Waals surface area contributed by atoms with E-state index in [0.717, 1.165) is 6.07 Å². The highest BCUT2D eigenvalue weighted by Gasteiger charge is 2.25. The third-order valence-corrected chi connectivity index (χ3v) is 3.34. The average Bonchev–Trinajstić information content (AvgIpc) is 2.40. The molecule has 1 fully saturated rings. The van der Waals surface area contributed by atoms with E-state index in [9.17, 15) is 9.18 Å². The Bertz CT molecular complexity index is 495. The van der Waals surface area contributed by atoms with Gasteiger partial charge in [0.15, 0.2) is 0 Å². The summed E-state index contributed by atoms with van der Waals surface area (Å²) in [4.78, 5) is 13.0. The van der Waals surface area contributed by atoms with Gasteiger partial charge < -0.3 is 15.6 Å². The Kier molecular flexibility index (Phi) is 4.69. The number of aliphatic hydroxyl groups is 1. The lowest BCUT2D eigenvalue weighted by molar-refractivity contribution is -0.0974. The Balaban J connectivity index is 2.07. The van der Waals surface area contributed by atoms with E-state index in [1.807, 2.05) is 11.8 Å². The molecule has 110 valence electrons. The summed E-state index contributed by atoms with van der Waals surface area (Å²) in [5.41, 5.74) is 5.77. The van der Waals surface area contributed by atoms with E-state index in [4.69, 9.17) is 15.6 Å². The fourth-order valence-electron chi connectivity index (χ4n) is 2.44. The highest BCUT2D eigenvalue weighted by atomic mass is 19.1. The molecule has 5 nitrogen and oxygen atoms in total. The fourth-order valence-corrected chi connectivity index (χ4v) is 2.44. The van der Waals surface area contributed by atoms with Gasteiger partial charge in [0, 0.05) is 30.8 Å². The second-order valence-electron chi connectivity index (χ2n) is 5.12. The van der Waals surface area contributed by atoms with Gasteiger partial charge in [0.25, 0.3) is 0 Å². The van der Waals surface area contributed by atoms with Crippen LogP contribution in [0.5, 0.6) is 0 Å². The second kappa shape index (κ2) is 6.30. The minimum absolute atomic E-state index is 0.00569. The van der Waals surface area contributed by atoms with E-state index in [1.165, 1.54) is 6.07 Å². The summed E-state index contributed by atoms with van der Waals surface area (Å²) < 4.78 is 19.5. The van der Waals surface area contributed by atoms with Crippen LogP contribution in [-0.2, 0) is 11.3 Å². The van der Waals surface area contributed by atoms with Crippen LogP contribution in [0.1, 0.15) is 22.8 Å². The number of nitrogens with two attached hydrogens (primary N) is 1. The van der Waals surface area contributed by atoms with Gasteiger partial charge in [0.05, 0.1) is 18.8 Å². The molecule has 3 N–H and O–H groups in total. The van der Waals surface area contributed by atoms with Gasteiger partial charge in [-0.2, -0.15) is 0 Å². The molecule has 2 unspecified atom stereocenters. The largest absolute Gasteiger partial charge is 0.394 e. The predicted molar refractivity (Wildman–Crippen MR) is 71.6 cm³/mol. The van der Waals surface area contributed by atoms with Crippen molar-refractivity contribution in [1.29, 1.82) is 0 Å². The summed E-state index contributed by atoms with van der Waals surface area (Å²) in [6.07, 6.45) is -0.249. The van der Waals surface area contributed by atoms with Crippen molar-refractivity contribution < 1.29 is 19.0 Å². The highest BCUT2D eigenvalue weighted by Crippen LogP contribution is 2.17. The number of aliphatic hydroxyl groups excluding tert-OH is 1. The number of primary amides is 1. The predicted octanol–water partition coefficient (Wildman–Crippen LogP) is 0.506. The minimum atomic E-state index is -0.643. The van der Waals surface area contributed by atoms with Crippen molar-refractivity contribution in [1.82, 2.24) is 4.90 Å². The SMILES string of the molecule is CC1CN(Cc2ccc(C(N)=O)cc2F)CC(CO)O1. The van der Waals surface area contributed by atoms with Crippen LogP contribution in [0.25, 0.3) is 0 Å². The van der Waals surface area contributed by atoms with Crippen molar-refractivity contribution in [2.45, 2.75) is 25.7 Å². The molecule has 2 atom stereocenters. The second-order valence-corrected chi connectivity index (χ2v) is 5.12. The van der Waals surface area contributed by atoms with Crippen molar-refractivity contribution in [3.63, 3.8) is 0 Å². The fraction of sp³-hybridized carbons (Fsp3) is 0.500. The van der Waals surface area contributed by atoms with Gasteiger partial charge >= 0.3 is 0 Å². The molecule has 1 heterocycles. The number of benzene rings is 1. The van der Waals surface area contributed by atoms with E-state index in [-0.39, 0.29) is 24.4 Å². The van der Waals surface area contributed by atoms with Gasteiger partial charge in [0.1, 0.15) is 5.82 Å². The Morgan fingerprint density at radius 2 is 2.30 bits per heavy atom. The first-order valence-corrected chi connectivity index (χ1v) is 6.56. The quantitative estimate of drug-likeness (QED) is 0.843. The van der Waals surface area contributed by atoms with Crippen molar-refractivity contribution in [2.24, 2.45) is 5.73 Å². The summed E-state index contributed by atoms with van der Waals surface area (Å²) >= 11 is 0. The molecule has 20 heavy (non-hydrogen) atoms. The van der Waals surface area contributed by atoms with Crippen LogP contribution in [-0.4, -0.2) is 47.8 Å². The molecule has 0 aliphatic carbocycles. The molecule has 0 radical (unpaired) electrons. The Labute approximate surface area is 117 Å². The zero-order valence-electron chi connectivity index (χ0n) is 11.4. The molecule has 0 aromatic heterocycles. The van der Waals surface area contributed by atoms with Crippen molar-refractivity contribution in [2.75, 3.05) is 19.7 Å². The summed E-state index contributed by atoms with van der Waals surface area (Å²) in [6.45, 7) is 3.51. The van der Waals surface area contributed by atoms with Crippen LogP contribution in [0, 0.1) is 5.82 Å². The first kappa shape index (κ1) is 14.9. The average molecular weight is 282 g/mol. The molecule has 1 amide bonds. The van der Waals surface area contributed by atoms with E-state index in [1.54, 1.807) is 6.07 Å². The molecular formula is C14H19FN2O3. The van der Waals surface area contributed by atoms with Crippen LogP contribution in [0.2, 0.25) is 0 Å². The maximum atomic E-state index is 13.9. The van der Waals surface area contributed by atoms with Gasteiger partial charge in [-0.25, -0.2) is 4.39 Å². The zero-order valence-corrected chi connectivity index (χ0v) is 11.4. The maximum absolute atomic E-state index is 13.9. The Morgan fingerprint density at radius 3 is 2.90 bits per heavy atom. The summed E-state index contributed by atoms with van der Waals surface area (Å²) in [5.74, 6) is -1.09. The number of nitrogens with zero attached hydrogens (tertiary/aromatic N) is 1. The van der Waals surface area contributed by atoms with E-state index < -0.39 is 11.7 Å². The number of morpholine rings is 1. The molecule has 0 bridgehead atoms. The van der Waals surface area contributed by atoms with Gasteiger partial charge in [-0.05, 0) is 19.1 Å². The number of carbonyl (C=O) groups is 1. The molecule has 1 aromatic carbocycles. The number of rotatable bonds is 4. The van der Waals surface area contributed by atoms with E-state index in [0.29, 0.717) is 25.2 Å². The normalized spacial score (nSPS) is 23.8. The molecule has 1 aliphatic heterocycles. The minimum Gasteiger partial charge on any atom is -0.394 e. The van der Waals surface area contributed by atoms with Crippen LogP contribution in [0.3, 0.4) is 0 Å². The van der Waals surface area contributed by atoms with Crippen molar-refractivity contribution in [3.05, 3.63) is 35.1 Å². The molecule has 1 aromatic rings. The Hall–Kier alpha value is -1.50. The monoisotopic (exact) mass is 282 g/mol. The molecule has 2 rings (SSSR count). The summed E-state index contributed by atoms with van der Waals surface area (Å²) in [7, 11) is 0. The smallest absolute Gasteiger partial charge is 0.248 e. The van der Waals surface area contributed by atoms with E-state index in [2.05, 4.69) is 0 Å². The third kappa shape index (κ3) is 3.53. The molecule has 0 spiro atoms. The van der Waals surface area contributed by atoms with Gasteiger partial charge in [-0.1, -0.05) is 6.07 Å². The molecular weight excluding hydrogens is 263 g/mol. The molecule has 0 saturated carbocycles. The molecule has 1 saturated heterocycles. The van der Waals surface area contributed by atoms with E-state index >= 15 is 0 Å². The highest BCUT2D eigenvalue weighted by molar-refractivity contribution is 5.92. The number of halogens is 1. The van der Waals surface area contributed by atoms with Crippen LogP contribution in [0.4, 0.5) is 4.39 Å². The number of ether oxygens (including phenoxy) is 1. The molecule has 6 heteroatoms. The first-order valence-electron chi connectivity index (χ1n) is 6.56. The van der Waals surface area contributed by atoms with Gasteiger partial charge in [-0.15, -0.1) is 0 Å². The van der Waals surface area contributed by atoms with Crippen LogP contribution < -0.4 is 5.73 Å². The maximum Gasteiger partial charge on any atom is 0.248 e. The number of hydrogen-bond acceptors (Lipinski definition) is 4. The van der Waals surface area contributed by atoms with Gasteiger partial charge in [-0.3, -0.25) is 9.69 Å². The Morgan fingerprint density at radius 1 is 1.55 bits per heavy atom.